The normalized spacial score (nSPS) is 17.8. The molecule has 164 valence electrons. The lowest BCUT2D eigenvalue weighted by atomic mass is 9.98. The number of hydrogen-bond donors (Lipinski definition) is 2. The zero-order valence-electron chi connectivity index (χ0n) is 18.2. The Bertz CT molecular complexity index is 1130. The number of aromatic hydroxyl groups is 1. The second-order valence-corrected chi connectivity index (χ2v) is 8.09. The number of benzene rings is 1. The molecule has 2 unspecified atom stereocenters. The van der Waals surface area contributed by atoms with Crippen molar-refractivity contribution in [2.75, 3.05) is 20.1 Å². The van der Waals surface area contributed by atoms with Crippen LogP contribution in [0.1, 0.15) is 35.7 Å². The number of aromatic nitrogens is 3. The molecule has 0 aliphatic carbocycles. The summed E-state index contributed by atoms with van der Waals surface area (Å²) >= 11 is 0. The van der Waals surface area contributed by atoms with Crippen molar-refractivity contribution in [3.05, 3.63) is 59.9 Å². The Morgan fingerprint density at radius 2 is 2.06 bits per heavy atom. The first kappa shape index (κ1) is 21.5. The van der Waals surface area contributed by atoms with Gasteiger partial charge in [-0.1, -0.05) is 19.1 Å². The molecule has 1 aliphatic heterocycles. The van der Waals surface area contributed by atoms with Crippen LogP contribution < -0.4 is 5.32 Å². The summed E-state index contributed by atoms with van der Waals surface area (Å²) in [5.41, 5.74) is 2.32. The first-order valence-electron chi connectivity index (χ1n) is 10.7. The van der Waals surface area contributed by atoms with Gasteiger partial charge in [0.05, 0.1) is 29.0 Å². The van der Waals surface area contributed by atoms with E-state index < -0.39 is 0 Å². The number of nitriles is 1. The van der Waals surface area contributed by atoms with Crippen LogP contribution in [-0.2, 0) is 0 Å². The zero-order chi connectivity index (χ0) is 22.7. The Hall–Kier alpha value is -3.70. The maximum absolute atomic E-state index is 12.9. The zero-order valence-corrected chi connectivity index (χ0v) is 18.2. The summed E-state index contributed by atoms with van der Waals surface area (Å²) in [6.45, 7) is 3.87. The Morgan fingerprint density at radius 3 is 2.72 bits per heavy atom. The molecule has 8 heteroatoms. The van der Waals surface area contributed by atoms with E-state index in [0.29, 0.717) is 41.0 Å². The third kappa shape index (κ3) is 4.20. The Morgan fingerprint density at radius 1 is 1.28 bits per heavy atom. The highest BCUT2D eigenvalue weighted by Gasteiger charge is 2.27. The first-order chi connectivity index (χ1) is 15.5. The number of carbonyl (C=O) groups is 1. The molecule has 8 nitrogen and oxygen atoms in total. The van der Waals surface area contributed by atoms with E-state index in [-0.39, 0.29) is 11.8 Å². The van der Waals surface area contributed by atoms with E-state index in [1.54, 1.807) is 47.5 Å². The van der Waals surface area contributed by atoms with Crippen molar-refractivity contribution in [1.82, 2.24) is 25.0 Å². The quantitative estimate of drug-likeness (QED) is 0.623. The molecule has 0 saturated carbocycles. The van der Waals surface area contributed by atoms with Crippen LogP contribution in [0, 0.1) is 17.2 Å². The average molecular weight is 431 g/mol. The third-order valence-corrected chi connectivity index (χ3v) is 6.07. The third-order valence-electron chi connectivity index (χ3n) is 6.07. The number of nitrogens with one attached hydrogen (secondary N) is 1. The van der Waals surface area contributed by atoms with Crippen LogP contribution in [0.3, 0.4) is 0 Å². The first-order valence-corrected chi connectivity index (χ1v) is 10.7. The molecule has 0 bridgehead atoms. The van der Waals surface area contributed by atoms with E-state index in [4.69, 9.17) is 5.26 Å². The standard InChI is InChI=1S/C24H26N6O2/c1-3-21-19(10-11-26-21)15-29(2)23(31)18-8-9-22(27-13-18)30-24(32)20(14-28-30)17-6-4-16(12-25)5-7-17/h4-9,13-14,19,21,26,32H,3,10-11,15H2,1-2H3. The minimum absolute atomic E-state index is 0.0576. The molecule has 2 N–H and O–H groups in total. The van der Waals surface area contributed by atoms with Crippen molar-refractivity contribution < 1.29 is 9.90 Å². The molecule has 2 aromatic heterocycles. The minimum Gasteiger partial charge on any atom is -0.493 e. The fourth-order valence-electron chi connectivity index (χ4n) is 4.25. The summed E-state index contributed by atoms with van der Waals surface area (Å²) in [5, 5.41) is 27.3. The summed E-state index contributed by atoms with van der Waals surface area (Å²) in [6, 6.07) is 12.8. The second kappa shape index (κ2) is 9.20. The molecule has 3 aromatic rings. The van der Waals surface area contributed by atoms with Crippen molar-refractivity contribution in [2.24, 2.45) is 5.92 Å². The molecular weight excluding hydrogens is 404 g/mol. The van der Waals surface area contributed by atoms with Gasteiger partial charge in [0.15, 0.2) is 5.82 Å². The number of pyridine rings is 1. The van der Waals surface area contributed by atoms with Crippen LogP contribution in [0.5, 0.6) is 5.88 Å². The van der Waals surface area contributed by atoms with Crippen LogP contribution in [0.4, 0.5) is 0 Å². The molecule has 1 aromatic carbocycles. The molecule has 3 heterocycles. The molecule has 0 radical (unpaired) electrons. The van der Waals surface area contributed by atoms with Gasteiger partial charge >= 0.3 is 0 Å². The summed E-state index contributed by atoms with van der Waals surface area (Å²) < 4.78 is 1.32. The van der Waals surface area contributed by atoms with Crippen LogP contribution in [0.25, 0.3) is 16.9 Å². The van der Waals surface area contributed by atoms with Gasteiger partial charge in [0, 0.05) is 25.8 Å². The number of rotatable bonds is 6. The van der Waals surface area contributed by atoms with Crippen molar-refractivity contribution in [1.29, 1.82) is 5.26 Å². The van der Waals surface area contributed by atoms with Gasteiger partial charge in [-0.2, -0.15) is 15.0 Å². The van der Waals surface area contributed by atoms with Crippen LogP contribution in [0.15, 0.2) is 48.8 Å². The van der Waals surface area contributed by atoms with Crippen molar-refractivity contribution in [3.8, 4) is 28.9 Å². The predicted octanol–water partition coefficient (Wildman–Crippen LogP) is 2.97. The van der Waals surface area contributed by atoms with Gasteiger partial charge in [-0.15, -0.1) is 0 Å². The average Bonchev–Trinajstić information content (AvgIpc) is 3.44. The Balaban J connectivity index is 1.48. The lowest BCUT2D eigenvalue weighted by Gasteiger charge is -2.25. The summed E-state index contributed by atoms with van der Waals surface area (Å²) in [4.78, 5) is 19.0. The summed E-state index contributed by atoms with van der Waals surface area (Å²) in [5.74, 6) is 0.738. The highest BCUT2D eigenvalue weighted by Crippen LogP contribution is 2.30. The SMILES string of the molecule is CCC1NCCC1CN(C)C(=O)c1ccc(-n2ncc(-c3ccc(C#N)cc3)c2O)nc1. The maximum Gasteiger partial charge on any atom is 0.255 e. The maximum atomic E-state index is 12.9. The lowest BCUT2D eigenvalue weighted by molar-refractivity contribution is 0.0768. The molecule has 1 saturated heterocycles. The van der Waals surface area contributed by atoms with Crippen molar-refractivity contribution >= 4 is 5.91 Å². The van der Waals surface area contributed by atoms with Crippen molar-refractivity contribution in [3.63, 3.8) is 0 Å². The van der Waals surface area contributed by atoms with Gasteiger partial charge < -0.3 is 15.3 Å². The topological polar surface area (TPSA) is 107 Å². The molecule has 32 heavy (non-hydrogen) atoms. The van der Waals surface area contributed by atoms with Gasteiger partial charge in [0.1, 0.15) is 0 Å². The fourth-order valence-corrected chi connectivity index (χ4v) is 4.25. The molecular formula is C24H26N6O2. The molecule has 4 rings (SSSR count). The lowest BCUT2D eigenvalue weighted by Crippen LogP contribution is -2.37. The van der Waals surface area contributed by atoms with Gasteiger partial charge in [0.2, 0.25) is 5.88 Å². The van der Waals surface area contributed by atoms with Crippen molar-refractivity contribution in [2.45, 2.75) is 25.8 Å². The Kier molecular flexibility index (Phi) is 6.19. The van der Waals surface area contributed by atoms with E-state index >= 15 is 0 Å². The van der Waals surface area contributed by atoms with Crippen LogP contribution >= 0.6 is 0 Å². The van der Waals surface area contributed by atoms with Gasteiger partial charge in [-0.3, -0.25) is 4.79 Å². The summed E-state index contributed by atoms with van der Waals surface area (Å²) in [7, 11) is 1.82. The highest BCUT2D eigenvalue weighted by molar-refractivity contribution is 5.93. The van der Waals surface area contributed by atoms with E-state index in [9.17, 15) is 9.90 Å². The van der Waals surface area contributed by atoms with E-state index in [1.165, 1.54) is 10.9 Å². The Labute approximate surface area is 187 Å². The van der Waals surface area contributed by atoms with Gasteiger partial charge in [-0.25, -0.2) is 4.98 Å². The summed E-state index contributed by atoms with van der Waals surface area (Å²) in [6.07, 6.45) is 5.19. The predicted molar refractivity (Wildman–Crippen MR) is 120 cm³/mol. The largest absolute Gasteiger partial charge is 0.493 e. The molecule has 2 atom stereocenters. The van der Waals surface area contributed by atoms with Gasteiger partial charge in [0.25, 0.3) is 5.91 Å². The van der Waals surface area contributed by atoms with Crippen LogP contribution in [0.2, 0.25) is 0 Å². The van der Waals surface area contributed by atoms with E-state index in [0.717, 1.165) is 24.9 Å². The number of carbonyl (C=O) groups excluding carboxylic acids is 1. The number of nitrogens with zero attached hydrogens (tertiary/aromatic N) is 5. The number of amides is 1. The van der Waals surface area contributed by atoms with Crippen LogP contribution in [-0.4, -0.2) is 56.9 Å². The van der Waals surface area contributed by atoms with E-state index in [2.05, 4.69) is 28.4 Å². The molecule has 1 amide bonds. The smallest absolute Gasteiger partial charge is 0.255 e. The molecule has 1 aliphatic rings. The fraction of sp³-hybridized carbons (Fsp3) is 0.333. The monoisotopic (exact) mass is 430 g/mol. The van der Waals surface area contributed by atoms with Gasteiger partial charge in [-0.05, 0) is 55.1 Å². The number of hydrogen-bond acceptors (Lipinski definition) is 6. The minimum atomic E-state index is -0.0752. The highest BCUT2D eigenvalue weighted by atomic mass is 16.3. The van der Waals surface area contributed by atoms with E-state index in [1.807, 2.05) is 7.05 Å². The molecule has 0 spiro atoms. The molecule has 1 fully saturated rings. The second-order valence-electron chi connectivity index (χ2n) is 8.09.